The second-order valence-corrected chi connectivity index (χ2v) is 7.04. The van der Waals surface area contributed by atoms with Crippen molar-refractivity contribution < 1.29 is 24.2 Å². The van der Waals surface area contributed by atoms with E-state index < -0.39 is 5.97 Å². The van der Waals surface area contributed by atoms with Gasteiger partial charge in [-0.2, -0.15) is 0 Å². The van der Waals surface area contributed by atoms with Crippen molar-refractivity contribution in [2.75, 3.05) is 19.0 Å². The highest BCUT2D eigenvalue weighted by molar-refractivity contribution is 5.90. The summed E-state index contributed by atoms with van der Waals surface area (Å²) in [6.45, 7) is 4.69. The first kappa shape index (κ1) is 19.5. The number of carbonyl (C=O) groups excluding carboxylic acids is 1. The molecule has 2 aromatic rings. The molecule has 0 saturated carbocycles. The fourth-order valence-electron chi connectivity index (χ4n) is 3.16. The summed E-state index contributed by atoms with van der Waals surface area (Å²) in [6.07, 6.45) is 0. The molecule has 0 unspecified atom stereocenters. The van der Waals surface area contributed by atoms with Crippen molar-refractivity contribution in [2.24, 2.45) is 5.92 Å². The number of hydrogen-bond donors (Lipinski definition) is 2. The van der Waals surface area contributed by atoms with Crippen LogP contribution in [0.2, 0.25) is 0 Å². The number of anilines is 1. The molecular formula is C21H24N2O5. The molecule has 7 heteroatoms. The Bertz CT molecular complexity index is 864. The number of urea groups is 1. The third kappa shape index (κ3) is 4.19. The van der Waals surface area contributed by atoms with Gasteiger partial charge in [0.05, 0.1) is 25.3 Å². The number of fused-ring (bicyclic) bond motifs is 1. The number of benzene rings is 2. The van der Waals surface area contributed by atoms with Crippen LogP contribution in [0.25, 0.3) is 0 Å². The third-order valence-corrected chi connectivity index (χ3v) is 4.84. The number of aromatic carboxylic acids is 1. The maximum atomic E-state index is 13.0. The summed E-state index contributed by atoms with van der Waals surface area (Å²) in [5.41, 5.74) is 1.61. The second kappa shape index (κ2) is 8.21. The van der Waals surface area contributed by atoms with Crippen LogP contribution in [0.3, 0.4) is 0 Å². The third-order valence-electron chi connectivity index (χ3n) is 4.84. The van der Waals surface area contributed by atoms with E-state index >= 15 is 0 Å². The Morgan fingerprint density at radius 1 is 1.21 bits per heavy atom. The van der Waals surface area contributed by atoms with E-state index in [0.29, 0.717) is 30.3 Å². The van der Waals surface area contributed by atoms with Crippen molar-refractivity contribution in [3.05, 3.63) is 53.6 Å². The van der Waals surface area contributed by atoms with E-state index in [1.165, 1.54) is 12.1 Å². The van der Waals surface area contributed by atoms with Gasteiger partial charge in [0.25, 0.3) is 0 Å². The fraction of sp³-hybridized carbons (Fsp3) is 0.333. The van der Waals surface area contributed by atoms with Crippen LogP contribution >= 0.6 is 0 Å². The molecule has 0 aliphatic carbocycles. The Morgan fingerprint density at radius 3 is 2.54 bits per heavy atom. The van der Waals surface area contributed by atoms with E-state index in [1.54, 1.807) is 42.3 Å². The molecule has 0 aromatic heterocycles. The highest BCUT2D eigenvalue weighted by atomic mass is 16.5. The smallest absolute Gasteiger partial charge is 0.335 e. The molecule has 7 nitrogen and oxygen atoms in total. The zero-order chi connectivity index (χ0) is 20.3. The average Bonchev–Trinajstić information content (AvgIpc) is 2.87. The maximum absolute atomic E-state index is 13.0. The largest absolute Gasteiger partial charge is 0.497 e. The van der Waals surface area contributed by atoms with Gasteiger partial charge in [0.2, 0.25) is 0 Å². The molecule has 0 radical (unpaired) electrons. The number of ether oxygens (including phenoxy) is 2. The van der Waals surface area contributed by atoms with Crippen LogP contribution in [-0.4, -0.2) is 41.8 Å². The summed E-state index contributed by atoms with van der Waals surface area (Å²) in [6, 6.07) is 11.5. The minimum atomic E-state index is -1.01. The number of carboxylic acid groups (broad SMARTS) is 1. The quantitative estimate of drug-likeness (QED) is 0.836. The number of nitrogens with one attached hydrogen (secondary N) is 1. The van der Waals surface area contributed by atoms with Gasteiger partial charge in [-0.1, -0.05) is 19.9 Å². The van der Waals surface area contributed by atoms with Gasteiger partial charge in [0.15, 0.2) is 0 Å². The molecule has 3 rings (SSSR count). The van der Waals surface area contributed by atoms with Crippen molar-refractivity contribution >= 4 is 17.7 Å². The van der Waals surface area contributed by atoms with E-state index in [-0.39, 0.29) is 23.6 Å². The zero-order valence-electron chi connectivity index (χ0n) is 16.1. The van der Waals surface area contributed by atoms with Crippen molar-refractivity contribution in [3.8, 4) is 11.5 Å². The zero-order valence-corrected chi connectivity index (χ0v) is 16.1. The number of amides is 2. The van der Waals surface area contributed by atoms with E-state index in [2.05, 4.69) is 5.32 Å². The van der Waals surface area contributed by atoms with Gasteiger partial charge in [-0.05, 0) is 42.3 Å². The summed E-state index contributed by atoms with van der Waals surface area (Å²) in [4.78, 5) is 26.0. The summed E-state index contributed by atoms with van der Waals surface area (Å²) in [5, 5.41) is 12.1. The van der Waals surface area contributed by atoms with Crippen LogP contribution in [0.15, 0.2) is 42.5 Å². The first-order valence-corrected chi connectivity index (χ1v) is 9.09. The van der Waals surface area contributed by atoms with E-state index in [4.69, 9.17) is 9.47 Å². The number of carbonyl (C=O) groups is 2. The molecule has 1 aliphatic heterocycles. The van der Waals surface area contributed by atoms with Gasteiger partial charge in [0.1, 0.15) is 18.1 Å². The van der Waals surface area contributed by atoms with Crippen LogP contribution in [0.1, 0.15) is 29.8 Å². The number of carboxylic acids is 1. The normalized spacial score (nSPS) is 16.0. The molecule has 2 amide bonds. The van der Waals surface area contributed by atoms with Crippen LogP contribution in [0.4, 0.5) is 10.5 Å². The molecule has 28 heavy (non-hydrogen) atoms. The standard InChI is InChI=1S/C21H24N2O5/c1-13(2)18-12-28-19-10-14(20(24)25)4-5-15(19)11-23(18)21(26)22-16-6-8-17(27-3)9-7-16/h4-10,13,18H,11-12H2,1-3H3,(H,22,26)(H,24,25)/t18-/m1/s1. The lowest BCUT2D eigenvalue weighted by Crippen LogP contribution is -2.46. The van der Waals surface area contributed by atoms with E-state index in [1.807, 2.05) is 13.8 Å². The summed E-state index contributed by atoms with van der Waals surface area (Å²) in [5.74, 6) is 0.370. The highest BCUT2D eigenvalue weighted by Crippen LogP contribution is 2.29. The van der Waals surface area contributed by atoms with Crippen molar-refractivity contribution in [1.29, 1.82) is 0 Å². The van der Waals surface area contributed by atoms with Crippen LogP contribution in [0.5, 0.6) is 11.5 Å². The summed E-state index contributed by atoms with van der Waals surface area (Å²) >= 11 is 0. The SMILES string of the molecule is COc1ccc(NC(=O)N2Cc3ccc(C(=O)O)cc3OC[C@@H]2C(C)C)cc1. The predicted octanol–water partition coefficient (Wildman–Crippen LogP) is 3.84. The lowest BCUT2D eigenvalue weighted by Gasteiger charge is -2.32. The molecule has 148 valence electrons. The molecule has 2 N–H and O–H groups in total. The fourth-order valence-corrected chi connectivity index (χ4v) is 3.16. The maximum Gasteiger partial charge on any atom is 0.335 e. The van der Waals surface area contributed by atoms with E-state index in [9.17, 15) is 14.7 Å². The number of rotatable bonds is 4. The summed E-state index contributed by atoms with van der Waals surface area (Å²) in [7, 11) is 1.59. The van der Waals surface area contributed by atoms with Gasteiger partial charge in [-0.25, -0.2) is 9.59 Å². The van der Waals surface area contributed by atoms with Gasteiger partial charge >= 0.3 is 12.0 Å². The number of nitrogens with zero attached hydrogens (tertiary/aromatic N) is 1. The lowest BCUT2D eigenvalue weighted by molar-refractivity contribution is 0.0696. The number of methoxy groups -OCH3 is 1. The van der Waals surface area contributed by atoms with Gasteiger partial charge < -0.3 is 24.8 Å². The van der Waals surface area contributed by atoms with E-state index in [0.717, 1.165) is 5.56 Å². The van der Waals surface area contributed by atoms with Crippen molar-refractivity contribution in [1.82, 2.24) is 4.90 Å². The Hall–Kier alpha value is -3.22. The molecule has 0 saturated heterocycles. The van der Waals surface area contributed by atoms with Gasteiger partial charge in [-0.3, -0.25) is 0 Å². The van der Waals surface area contributed by atoms with Crippen LogP contribution in [0, 0.1) is 5.92 Å². The Kier molecular flexibility index (Phi) is 5.73. The minimum absolute atomic E-state index is 0.154. The molecule has 2 aromatic carbocycles. The Labute approximate surface area is 163 Å². The average molecular weight is 384 g/mol. The first-order valence-electron chi connectivity index (χ1n) is 9.09. The lowest BCUT2D eigenvalue weighted by atomic mass is 10.0. The van der Waals surface area contributed by atoms with Crippen molar-refractivity contribution in [2.45, 2.75) is 26.4 Å². The minimum Gasteiger partial charge on any atom is -0.497 e. The highest BCUT2D eigenvalue weighted by Gasteiger charge is 2.31. The topological polar surface area (TPSA) is 88.1 Å². The number of hydrogen-bond acceptors (Lipinski definition) is 4. The van der Waals surface area contributed by atoms with Gasteiger partial charge in [-0.15, -0.1) is 0 Å². The van der Waals surface area contributed by atoms with Gasteiger partial charge in [0, 0.05) is 11.3 Å². The molecule has 0 fully saturated rings. The predicted molar refractivity (Wildman–Crippen MR) is 105 cm³/mol. The Morgan fingerprint density at radius 2 is 1.93 bits per heavy atom. The molecule has 1 heterocycles. The molecular weight excluding hydrogens is 360 g/mol. The van der Waals surface area contributed by atoms with Crippen LogP contribution in [-0.2, 0) is 6.54 Å². The second-order valence-electron chi connectivity index (χ2n) is 7.04. The van der Waals surface area contributed by atoms with Crippen molar-refractivity contribution in [3.63, 3.8) is 0 Å². The van der Waals surface area contributed by atoms with Crippen LogP contribution < -0.4 is 14.8 Å². The molecule has 0 bridgehead atoms. The monoisotopic (exact) mass is 384 g/mol. The molecule has 1 atom stereocenters. The first-order chi connectivity index (χ1) is 13.4. The molecule has 1 aliphatic rings. The summed E-state index contributed by atoms with van der Waals surface area (Å²) < 4.78 is 11.0. The molecule has 0 spiro atoms. The Balaban J connectivity index is 1.85.